The Morgan fingerprint density at radius 3 is 2.58 bits per heavy atom. The van der Waals surface area contributed by atoms with E-state index in [2.05, 4.69) is 26.0 Å². The summed E-state index contributed by atoms with van der Waals surface area (Å²) < 4.78 is 0. The minimum atomic E-state index is -0.0414. The van der Waals surface area contributed by atoms with Crippen molar-refractivity contribution in [1.29, 1.82) is 0 Å². The molecular weight excluding hydrogens is 324 g/mol. The van der Waals surface area contributed by atoms with Gasteiger partial charge in [0.25, 0.3) is 5.91 Å². The standard InChI is InChI=1S/C22H26N2O2/c1-3-4-13-23(14-18-10-6-5-9-17(18)2)21(25)16-24-15-19-11-7-8-12-20(19)22(24)26/h5-12H,3-4,13-16H2,1-2H3. The largest absolute Gasteiger partial charge is 0.337 e. The highest BCUT2D eigenvalue weighted by atomic mass is 16.2. The lowest BCUT2D eigenvalue weighted by molar-refractivity contribution is -0.132. The average Bonchev–Trinajstić information content (AvgIpc) is 2.96. The number of benzene rings is 2. The van der Waals surface area contributed by atoms with Gasteiger partial charge >= 0.3 is 0 Å². The van der Waals surface area contributed by atoms with Gasteiger partial charge in [0.2, 0.25) is 5.91 Å². The van der Waals surface area contributed by atoms with Crippen molar-refractivity contribution < 1.29 is 9.59 Å². The minimum Gasteiger partial charge on any atom is -0.337 e. The molecule has 4 heteroatoms. The highest BCUT2D eigenvalue weighted by Gasteiger charge is 2.29. The van der Waals surface area contributed by atoms with E-state index in [1.807, 2.05) is 41.3 Å². The fraction of sp³-hybridized carbons (Fsp3) is 0.364. The second-order valence-electron chi connectivity index (χ2n) is 6.91. The van der Waals surface area contributed by atoms with Gasteiger partial charge in [-0.3, -0.25) is 9.59 Å². The smallest absolute Gasteiger partial charge is 0.254 e. The number of hydrogen-bond donors (Lipinski definition) is 0. The fourth-order valence-electron chi connectivity index (χ4n) is 3.34. The molecule has 1 heterocycles. The van der Waals surface area contributed by atoms with Crippen LogP contribution in [0.2, 0.25) is 0 Å². The molecule has 0 spiro atoms. The predicted octanol–water partition coefficient (Wildman–Crippen LogP) is 3.78. The van der Waals surface area contributed by atoms with Crippen LogP contribution in [0.3, 0.4) is 0 Å². The first kappa shape index (κ1) is 18.2. The third-order valence-corrected chi connectivity index (χ3v) is 4.98. The fourth-order valence-corrected chi connectivity index (χ4v) is 3.34. The molecule has 0 unspecified atom stereocenters. The van der Waals surface area contributed by atoms with E-state index in [4.69, 9.17) is 0 Å². The Bertz CT molecular complexity index is 800. The van der Waals surface area contributed by atoms with Crippen LogP contribution in [0.15, 0.2) is 48.5 Å². The molecule has 0 saturated heterocycles. The summed E-state index contributed by atoms with van der Waals surface area (Å²) in [6, 6.07) is 15.8. The van der Waals surface area contributed by atoms with Gasteiger partial charge in [-0.25, -0.2) is 0 Å². The maximum atomic E-state index is 12.9. The van der Waals surface area contributed by atoms with E-state index in [9.17, 15) is 9.59 Å². The molecule has 136 valence electrons. The monoisotopic (exact) mass is 350 g/mol. The normalized spacial score (nSPS) is 13.0. The van der Waals surface area contributed by atoms with Crippen LogP contribution >= 0.6 is 0 Å². The molecule has 0 aliphatic carbocycles. The molecule has 1 aliphatic heterocycles. The van der Waals surface area contributed by atoms with Crippen molar-refractivity contribution in [3.8, 4) is 0 Å². The highest BCUT2D eigenvalue weighted by molar-refractivity contribution is 6.00. The van der Waals surface area contributed by atoms with Crippen LogP contribution in [0.25, 0.3) is 0 Å². The van der Waals surface area contributed by atoms with E-state index in [0.29, 0.717) is 13.1 Å². The molecule has 0 fully saturated rings. The van der Waals surface area contributed by atoms with Gasteiger partial charge in [0.15, 0.2) is 0 Å². The predicted molar refractivity (Wildman–Crippen MR) is 103 cm³/mol. The molecule has 2 aromatic rings. The summed E-state index contributed by atoms with van der Waals surface area (Å²) in [5.41, 5.74) is 4.07. The van der Waals surface area contributed by atoms with Crippen LogP contribution in [-0.4, -0.2) is 34.7 Å². The zero-order chi connectivity index (χ0) is 18.5. The summed E-state index contributed by atoms with van der Waals surface area (Å²) in [6.45, 7) is 6.17. The van der Waals surface area contributed by atoms with Crippen LogP contribution in [0.4, 0.5) is 0 Å². The zero-order valence-electron chi connectivity index (χ0n) is 15.6. The Labute approximate surface area is 155 Å². The maximum Gasteiger partial charge on any atom is 0.254 e. The number of nitrogens with zero attached hydrogens (tertiary/aromatic N) is 2. The van der Waals surface area contributed by atoms with Crippen molar-refractivity contribution in [2.45, 2.75) is 39.8 Å². The molecule has 2 aromatic carbocycles. The third-order valence-electron chi connectivity index (χ3n) is 4.98. The zero-order valence-corrected chi connectivity index (χ0v) is 15.6. The third kappa shape index (κ3) is 3.96. The molecule has 26 heavy (non-hydrogen) atoms. The SMILES string of the molecule is CCCCN(Cc1ccccc1C)C(=O)CN1Cc2ccccc2C1=O. The molecular formula is C22H26N2O2. The van der Waals surface area contributed by atoms with Crippen LogP contribution in [0.5, 0.6) is 0 Å². The molecule has 0 N–H and O–H groups in total. The topological polar surface area (TPSA) is 40.6 Å². The first-order valence-corrected chi connectivity index (χ1v) is 9.29. The number of fused-ring (bicyclic) bond motifs is 1. The molecule has 3 rings (SSSR count). The van der Waals surface area contributed by atoms with Gasteiger partial charge in [-0.15, -0.1) is 0 Å². The Morgan fingerprint density at radius 1 is 1.12 bits per heavy atom. The van der Waals surface area contributed by atoms with E-state index in [1.165, 1.54) is 5.56 Å². The van der Waals surface area contributed by atoms with Gasteiger partial charge in [0.1, 0.15) is 6.54 Å². The first-order valence-electron chi connectivity index (χ1n) is 9.29. The second kappa shape index (κ2) is 8.17. The van der Waals surface area contributed by atoms with E-state index in [1.54, 1.807) is 4.90 Å². The maximum absolute atomic E-state index is 12.9. The molecule has 0 bridgehead atoms. The van der Waals surface area contributed by atoms with E-state index >= 15 is 0 Å². The molecule has 0 saturated carbocycles. The summed E-state index contributed by atoms with van der Waals surface area (Å²) in [6.07, 6.45) is 2.00. The number of rotatable bonds is 7. The lowest BCUT2D eigenvalue weighted by atomic mass is 10.1. The first-order chi connectivity index (χ1) is 12.6. The molecule has 0 atom stereocenters. The number of amides is 2. The summed E-state index contributed by atoms with van der Waals surface area (Å²) in [7, 11) is 0. The van der Waals surface area contributed by atoms with Crippen molar-refractivity contribution in [1.82, 2.24) is 9.80 Å². The van der Waals surface area contributed by atoms with Crippen LogP contribution < -0.4 is 0 Å². The average molecular weight is 350 g/mol. The van der Waals surface area contributed by atoms with Crippen molar-refractivity contribution in [3.63, 3.8) is 0 Å². The molecule has 0 aromatic heterocycles. The molecule has 2 amide bonds. The van der Waals surface area contributed by atoms with E-state index in [-0.39, 0.29) is 18.4 Å². The summed E-state index contributed by atoms with van der Waals surface area (Å²) in [4.78, 5) is 29.0. The van der Waals surface area contributed by atoms with E-state index < -0.39 is 0 Å². The van der Waals surface area contributed by atoms with Crippen LogP contribution in [0, 0.1) is 6.92 Å². The highest BCUT2D eigenvalue weighted by Crippen LogP contribution is 2.22. The van der Waals surface area contributed by atoms with Crippen LogP contribution in [-0.2, 0) is 17.9 Å². The Hall–Kier alpha value is -2.62. The number of unbranched alkanes of at least 4 members (excludes halogenated alkanes) is 1. The Kier molecular flexibility index (Phi) is 5.71. The lowest BCUT2D eigenvalue weighted by Crippen LogP contribution is -2.40. The molecule has 4 nitrogen and oxygen atoms in total. The van der Waals surface area contributed by atoms with Crippen molar-refractivity contribution in [2.75, 3.05) is 13.1 Å². The number of hydrogen-bond acceptors (Lipinski definition) is 2. The number of carbonyl (C=O) groups is 2. The molecule has 0 radical (unpaired) electrons. The van der Waals surface area contributed by atoms with Crippen molar-refractivity contribution in [2.24, 2.45) is 0 Å². The van der Waals surface area contributed by atoms with Crippen molar-refractivity contribution >= 4 is 11.8 Å². The number of aryl methyl sites for hydroxylation is 1. The Morgan fingerprint density at radius 2 is 1.85 bits per heavy atom. The van der Waals surface area contributed by atoms with Gasteiger partial charge < -0.3 is 9.80 Å². The number of carbonyl (C=O) groups excluding carboxylic acids is 2. The Balaban J connectivity index is 1.70. The quantitative estimate of drug-likeness (QED) is 0.762. The van der Waals surface area contributed by atoms with Gasteiger partial charge in [0.05, 0.1) is 0 Å². The molecule has 1 aliphatic rings. The summed E-state index contributed by atoms with van der Waals surface area (Å²) in [5, 5.41) is 0. The van der Waals surface area contributed by atoms with Gasteiger partial charge in [-0.2, -0.15) is 0 Å². The van der Waals surface area contributed by atoms with Crippen molar-refractivity contribution in [3.05, 3.63) is 70.8 Å². The van der Waals surface area contributed by atoms with Gasteiger partial charge in [0, 0.05) is 25.2 Å². The van der Waals surface area contributed by atoms with E-state index in [0.717, 1.165) is 36.1 Å². The van der Waals surface area contributed by atoms with Gasteiger partial charge in [-0.05, 0) is 36.1 Å². The van der Waals surface area contributed by atoms with Gasteiger partial charge in [-0.1, -0.05) is 55.8 Å². The minimum absolute atomic E-state index is 0.0165. The van der Waals surface area contributed by atoms with Crippen LogP contribution in [0.1, 0.15) is 46.8 Å². The lowest BCUT2D eigenvalue weighted by Gasteiger charge is -2.26. The summed E-state index contributed by atoms with van der Waals surface area (Å²) in [5.74, 6) is -0.0249. The summed E-state index contributed by atoms with van der Waals surface area (Å²) >= 11 is 0. The second-order valence-corrected chi connectivity index (χ2v) is 6.91.